The molecule has 0 amide bonds. The third-order valence-electron chi connectivity index (χ3n) is 3.18. The SMILES string of the molecule is OC1(Cn2ncc3ncc(Cl)nc32)CCOCC1. The summed E-state index contributed by atoms with van der Waals surface area (Å²) >= 11 is 5.83. The standard InChI is InChI=1S/C11H13ClN4O2/c12-9-6-13-8-5-14-16(10(8)15-9)7-11(17)1-3-18-4-2-11/h5-6,17H,1-4,7H2. The van der Waals surface area contributed by atoms with E-state index >= 15 is 0 Å². The first-order valence-corrected chi connectivity index (χ1v) is 6.18. The van der Waals surface area contributed by atoms with E-state index in [1.807, 2.05) is 0 Å². The van der Waals surface area contributed by atoms with E-state index in [4.69, 9.17) is 16.3 Å². The average molecular weight is 269 g/mol. The molecule has 6 nitrogen and oxygen atoms in total. The molecule has 1 saturated heterocycles. The summed E-state index contributed by atoms with van der Waals surface area (Å²) < 4.78 is 6.90. The maximum Gasteiger partial charge on any atom is 0.178 e. The van der Waals surface area contributed by atoms with Crippen LogP contribution in [-0.4, -0.2) is 43.7 Å². The summed E-state index contributed by atoms with van der Waals surface area (Å²) in [7, 11) is 0. The second-order valence-electron chi connectivity index (χ2n) is 4.54. The first-order chi connectivity index (χ1) is 8.66. The molecule has 1 fully saturated rings. The molecule has 0 radical (unpaired) electrons. The van der Waals surface area contributed by atoms with Crippen LogP contribution in [0.5, 0.6) is 0 Å². The predicted molar refractivity (Wildman–Crippen MR) is 65.3 cm³/mol. The van der Waals surface area contributed by atoms with Crippen molar-refractivity contribution in [1.29, 1.82) is 0 Å². The molecule has 0 spiro atoms. The molecule has 1 N–H and O–H groups in total. The van der Waals surface area contributed by atoms with Crippen LogP contribution in [0.4, 0.5) is 0 Å². The number of fused-ring (bicyclic) bond motifs is 1. The molecular weight excluding hydrogens is 256 g/mol. The lowest BCUT2D eigenvalue weighted by molar-refractivity contribution is -0.0739. The lowest BCUT2D eigenvalue weighted by atomic mass is 9.94. The average Bonchev–Trinajstić information content (AvgIpc) is 2.72. The van der Waals surface area contributed by atoms with Crippen molar-refractivity contribution in [2.75, 3.05) is 13.2 Å². The number of aromatic nitrogens is 4. The zero-order valence-electron chi connectivity index (χ0n) is 9.71. The number of hydrogen-bond donors (Lipinski definition) is 1. The van der Waals surface area contributed by atoms with Crippen LogP contribution in [0, 0.1) is 0 Å². The summed E-state index contributed by atoms with van der Waals surface area (Å²) in [4.78, 5) is 8.33. The minimum absolute atomic E-state index is 0.322. The summed E-state index contributed by atoms with van der Waals surface area (Å²) in [6.07, 6.45) is 4.31. The molecule has 0 atom stereocenters. The third-order valence-corrected chi connectivity index (χ3v) is 3.37. The molecular formula is C11H13ClN4O2. The lowest BCUT2D eigenvalue weighted by Gasteiger charge is -2.31. The Balaban J connectivity index is 1.92. The molecule has 3 heterocycles. The van der Waals surface area contributed by atoms with Crippen LogP contribution in [-0.2, 0) is 11.3 Å². The van der Waals surface area contributed by atoms with Crippen molar-refractivity contribution in [2.45, 2.75) is 25.0 Å². The second kappa shape index (κ2) is 4.46. The number of halogens is 1. The predicted octanol–water partition coefficient (Wildman–Crippen LogP) is 1.02. The highest BCUT2D eigenvalue weighted by molar-refractivity contribution is 6.29. The highest BCUT2D eigenvalue weighted by Crippen LogP contribution is 2.23. The molecule has 0 unspecified atom stereocenters. The van der Waals surface area contributed by atoms with Gasteiger partial charge in [-0.1, -0.05) is 11.6 Å². The molecule has 3 rings (SSSR count). The fourth-order valence-corrected chi connectivity index (χ4v) is 2.26. The highest BCUT2D eigenvalue weighted by atomic mass is 35.5. The summed E-state index contributed by atoms with van der Waals surface area (Å²) in [6, 6.07) is 0. The van der Waals surface area contributed by atoms with Gasteiger partial charge in [0, 0.05) is 26.1 Å². The zero-order valence-corrected chi connectivity index (χ0v) is 10.5. The zero-order chi connectivity index (χ0) is 12.6. The third kappa shape index (κ3) is 2.19. The maximum absolute atomic E-state index is 10.4. The number of ether oxygens (including phenoxy) is 1. The normalized spacial score (nSPS) is 19.2. The van der Waals surface area contributed by atoms with Crippen molar-refractivity contribution in [3.05, 3.63) is 17.5 Å². The topological polar surface area (TPSA) is 73.1 Å². The van der Waals surface area contributed by atoms with Crippen molar-refractivity contribution in [1.82, 2.24) is 19.7 Å². The van der Waals surface area contributed by atoms with Gasteiger partial charge in [0.05, 0.1) is 24.5 Å². The number of nitrogens with zero attached hydrogens (tertiary/aromatic N) is 4. The first-order valence-electron chi connectivity index (χ1n) is 5.81. The van der Waals surface area contributed by atoms with Crippen molar-refractivity contribution in [3.8, 4) is 0 Å². The van der Waals surface area contributed by atoms with E-state index in [-0.39, 0.29) is 0 Å². The van der Waals surface area contributed by atoms with Crippen molar-refractivity contribution in [2.24, 2.45) is 0 Å². The van der Waals surface area contributed by atoms with E-state index in [1.54, 1.807) is 10.9 Å². The number of hydrogen-bond acceptors (Lipinski definition) is 5. The van der Waals surface area contributed by atoms with Crippen molar-refractivity contribution >= 4 is 22.8 Å². The molecule has 0 aliphatic carbocycles. The van der Waals surface area contributed by atoms with E-state index in [0.29, 0.717) is 48.9 Å². The lowest BCUT2D eigenvalue weighted by Crippen LogP contribution is -2.40. The summed E-state index contributed by atoms with van der Waals surface area (Å²) in [6.45, 7) is 1.53. The van der Waals surface area contributed by atoms with Gasteiger partial charge in [0.2, 0.25) is 0 Å². The Morgan fingerprint density at radius 1 is 1.39 bits per heavy atom. The molecule has 0 aromatic carbocycles. The van der Waals surface area contributed by atoms with Crippen LogP contribution in [0.1, 0.15) is 12.8 Å². The Morgan fingerprint density at radius 2 is 2.17 bits per heavy atom. The second-order valence-corrected chi connectivity index (χ2v) is 4.93. The van der Waals surface area contributed by atoms with Gasteiger partial charge in [-0.05, 0) is 0 Å². The van der Waals surface area contributed by atoms with E-state index < -0.39 is 5.60 Å². The van der Waals surface area contributed by atoms with Gasteiger partial charge in [0.1, 0.15) is 10.7 Å². The quantitative estimate of drug-likeness (QED) is 0.880. The van der Waals surface area contributed by atoms with Crippen LogP contribution in [0.25, 0.3) is 11.2 Å². The Bertz CT molecular complexity index is 565. The number of rotatable bonds is 2. The van der Waals surface area contributed by atoms with Crippen LogP contribution >= 0.6 is 11.6 Å². The van der Waals surface area contributed by atoms with E-state index in [1.165, 1.54) is 6.20 Å². The van der Waals surface area contributed by atoms with E-state index in [2.05, 4.69) is 15.1 Å². The fraction of sp³-hybridized carbons (Fsp3) is 0.545. The minimum atomic E-state index is -0.790. The maximum atomic E-state index is 10.4. The molecule has 0 saturated carbocycles. The Labute approximate surface area is 109 Å². The molecule has 7 heteroatoms. The first kappa shape index (κ1) is 11.8. The summed E-state index contributed by atoms with van der Waals surface area (Å²) in [5, 5.41) is 15.0. The van der Waals surface area contributed by atoms with Gasteiger partial charge in [0.15, 0.2) is 5.65 Å². The molecule has 18 heavy (non-hydrogen) atoms. The fourth-order valence-electron chi connectivity index (χ4n) is 2.13. The number of aliphatic hydroxyl groups is 1. The smallest absolute Gasteiger partial charge is 0.178 e. The molecule has 2 aromatic rings. The molecule has 96 valence electrons. The van der Waals surface area contributed by atoms with Gasteiger partial charge in [-0.15, -0.1) is 0 Å². The van der Waals surface area contributed by atoms with E-state index in [9.17, 15) is 5.11 Å². The summed E-state index contributed by atoms with van der Waals surface area (Å²) in [5.41, 5.74) is 0.485. The molecule has 1 aliphatic rings. The van der Waals surface area contributed by atoms with Crippen LogP contribution in [0.15, 0.2) is 12.4 Å². The Morgan fingerprint density at radius 3 is 2.94 bits per heavy atom. The largest absolute Gasteiger partial charge is 0.388 e. The van der Waals surface area contributed by atoms with E-state index in [0.717, 1.165) is 0 Å². The summed E-state index contributed by atoms with van der Waals surface area (Å²) in [5.74, 6) is 0. The molecule has 0 bridgehead atoms. The van der Waals surface area contributed by atoms with Gasteiger partial charge in [-0.2, -0.15) is 5.10 Å². The molecule has 1 aliphatic heterocycles. The highest BCUT2D eigenvalue weighted by Gasteiger charge is 2.31. The van der Waals surface area contributed by atoms with Gasteiger partial charge in [0.25, 0.3) is 0 Å². The Hall–Kier alpha value is -1.24. The van der Waals surface area contributed by atoms with Gasteiger partial charge in [-0.25, -0.2) is 14.6 Å². The van der Waals surface area contributed by atoms with Crippen LogP contribution in [0.2, 0.25) is 5.15 Å². The van der Waals surface area contributed by atoms with Crippen molar-refractivity contribution in [3.63, 3.8) is 0 Å². The molecule has 2 aromatic heterocycles. The van der Waals surface area contributed by atoms with Crippen LogP contribution < -0.4 is 0 Å². The Kier molecular flexibility index (Phi) is 2.93. The van der Waals surface area contributed by atoms with Crippen LogP contribution in [0.3, 0.4) is 0 Å². The monoisotopic (exact) mass is 268 g/mol. The van der Waals surface area contributed by atoms with Gasteiger partial charge in [-0.3, -0.25) is 0 Å². The minimum Gasteiger partial charge on any atom is -0.388 e. The van der Waals surface area contributed by atoms with Gasteiger partial charge < -0.3 is 9.84 Å². The van der Waals surface area contributed by atoms with Crippen molar-refractivity contribution < 1.29 is 9.84 Å². The van der Waals surface area contributed by atoms with Gasteiger partial charge >= 0.3 is 0 Å².